The molecule has 2 aliphatic rings. The van der Waals surface area contributed by atoms with E-state index < -0.39 is 24.5 Å². The Morgan fingerprint density at radius 2 is 1.55 bits per heavy atom. The molecule has 0 spiro atoms. The number of hydrogen-bond donors (Lipinski definition) is 1. The molecule has 2 aromatic rings. The summed E-state index contributed by atoms with van der Waals surface area (Å²) >= 11 is 12.0. The average molecular weight is 489 g/mol. The van der Waals surface area contributed by atoms with Gasteiger partial charge in [0.1, 0.15) is 6.54 Å². The van der Waals surface area contributed by atoms with Crippen LogP contribution in [0.2, 0.25) is 10.0 Å². The van der Waals surface area contributed by atoms with E-state index in [2.05, 4.69) is 5.32 Å². The molecule has 1 saturated carbocycles. The standard InChI is InChI=1S/C24H22Cl2N2O5/c25-15-10-16(26)12-17(11-15)27-22(30)21(14-6-2-1-3-7-14)33-20(29)13-28-23(31)18-8-4-5-9-19(18)24(28)32/h1-3,6-7,10-12,18-19,21H,4-5,8-9,13H2,(H,27,30). The number of nitrogens with one attached hydrogen (secondary N) is 1. The fraction of sp³-hybridized carbons (Fsp3) is 0.333. The quantitative estimate of drug-likeness (QED) is 0.480. The number of esters is 1. The molecular weight excluding hydrogens is 467 g/mol. The lowest BCUT2D eigenvalue weighted by Gasteiger charge is -2.20. The molecule has 1 aliphatic heterocycles. The molecule has 4 rings (SSSR count). The maximum atomic E-state index is 13.0. The minimum Gasteiger partial charge on any atom is -0.446 e. The van der Waals surface area contributed by atoms with E-state index in [9.17, 15) is 19.2 Å². The van der Waals surface area contributed by atoms with Crippen molar-refractivity contribution in [2.24, 2.45) is 11.8 Å². The second-order valence-corrected chi connectivity index (χ2v) is 9.06. The van der Waals surface area contributed by atoms with Gasteiger partial charge >= 0.3 is 5.97 Å². The highest BCUT2D eigenvalue weighted by Gasteiger charge is 2.48. The maximum absolute atomic E-state index is 13.0. The van der Waals surface area contributed by atoms with Gasteiger partial charge in [-0.15, -0.1) is 0 Å². The molecule has 2 aromatic carbocycles. The highest BCUT2D eigenvalue weighted by atomic mass is 35.5. The maximum Gasteiger partial charge on any atom is 0.327 e. The Morgan fingerprint density at radius 1 is 0.970 bits per heavy atom. The fourth-order valence-electron chi connectivity index (χ4n) is 4.42. The Morgan fingerprint density at radius 3 is 2.12 bits per heavy atom. The summed E-state index contributed by atoms with van der Waals surface area (Å²) in [6.07, 6.45) is 1.78. The number of nitrogens with zero attached hydrogens (tertiary/aromatic N) is 1. The summed E-state index contributed by atoms with van der Waals surface area (Å²) in [6.45, 7) is -0.524. The molecule has 0 radical (unpaired) electrons. The first kappa shape index (κ1) is 23.3. The van der Waals surface area contributed by atoms with Gasteiger partial charge < -0.3 is 10.1 Å². The van der Waals surface area contributed by atoms with Crippen LogP contribution in [0.5, 0.6) is 0 Å². The number of benzene rings is 2. The first-order chi connectivity index (χ1) is 15.8. The van der Waals surface area contributed by atoms with E-state index in [0.717, 1.165) is 17.7 Å². The number of rotatable bonds is 6. The number of carbonyl (C=O) groups excluding carboxylic acids is 4. The first-order valence-corrected chi connectivity index (χ1v) is 11.5. The van der Waals surface area contributed by atoms with Gasteiger partial charge in [-0.05, 0) is 31.0 Å². The number of imide groups is 1. The van der Waals surface area contributed by atoms with Crippen molar-refractivity contribution in [2.45, 2.75) is 31.8 Å². The van der Waals surface area contributed by atoms with Crippen molar-refractivity contribution in [1.29, 1.82) is 0 Å². The van der Waals surface area contributed by atoms with Crippen LogP contribution in [0, 0.1) is 11.8 Å². The molecule has 0 aromatic heterocycles. The smallest absolute Gasteiger partial charge is 0.327 e. The Balaban J connectivity index is 1.49. The highest BCUT2D eigenvalue weighted by molar-refractivity contribution is 6.35. The third kappa shape index (κ3) is 5.20. The van der Waals surface area contributed by atoms with Gasteiger partial charge in [0.25, 0.3) is 5.91 Å². The van der Waals surface area contributed by atoms with Gasteiger partial charge in [0, 0.05) is 21.3 Å². The van der Waals surface area contributed by atoms with E-state index >= 15 is 0 Å². The van der Waals surface area contributed by atoms with E-state index in [1.165, 1.54) is 18.2 Å². The number of halogens is 2. The Bertz CT molecular complexity index is 1050. The molecule has 3 unspecified atom stereocenters. The third-order valence-corrected chi connectivity index (χ3v) is 6.38. The van der Waals surface area contributed by atoms with Crippen LogP contribution >= 0.6 is 23.2 Å². The molecule has 9 heteroatoms. The third-order valence-electron chi connectivity index (χ3n) is 5.94. The lowest BCUT2D eigenvalue weighted by atomic mass is 9.81. The van der Waals surface area contributed by atoms with E-state index in [0.29, 0.717) is 34.1 Å². The van der Waals surface area contributed by atoms with Crippen LogP contribution < -0.4 is 5.32 Å². The van der Waals surface area contributed by atoms with Crippen LogP contribution in [0.4, 0.5) is 5.69 Å². The lowest BCUT2D eigenvalue weighted by Crippen LogP contribution is -2.38. The van der Waals surface area contributed by atoms with Crippen LogP contribution in [0.1, 0.15) is 37.4 Å². The summed E-state index contributed by atoms with van der Waals surface area (Å²) in [7, 11) is 0. The van der Waals surface area contributed by atoms with Gasteiger partial charge in [-0.2, -0.15) is 0 Å². The zero-order valence-electron chi connectivity index (χ0n) is 17.6. The summed E-state index contributed by atoms with van der Waals surface area (Å²) in [6, 6.07) is 13.0. The molecule has 1 saturated heterocycles. The monoisotopic (exact) mass is 488 g/mol. The number of likely N-dealkylation sites (tertiary alicyclic amines) is 1. The van der Waals surface area contributed by atoms with E-state index in [-0.39, 0.29) is 23.7 Å². The van der Waals surface area contributed by atoms with Crippen LogP contribution in [-0.4, -0.2) is 35.1 Å². The number of anilines is 1. The molecule has 172 valence electrons. The van der Waals surface area contributed by atoms with Crippen molar-refractivity contribution in [3.05, 3.63) is 64.1 Å². The topological polar surface area (TPSA) is 92.8 Å². The largest absolute Gasteiger partial charge is 0.446 e. The summed E-state index contributed by atoms with van der Waals surface area (Å²) in [4.78, 5) is 52.1. The molecule has 3 amide bonds. The minimum absolute atomic E-state index is 0.332. The summed E-state index contributed by atoms with van der Waals surface area (Å²) < 4.78 is 5.48. The zero-order chi connectivity index (χ0) is 23.5. The van der Waals surface area contributed by atoms with Crippen molar-refractivity contribution in [2.75, 3.05) is 11.9 Å². The first-order valence-electron chi connectivity index (χ1n) is 10.7. The van der Waals surface area contributed by atoms with Crippen molar-refractivity contribution >= 4 is 52.6 Å². The molecule has 3 atom stereocenters. The molecule has 2 fully saturated rings. The average Bonchev–Trinajstić information content (AvgIpc) is 3.02. The van der Waals surface area contributed by atoms with E-state index in [4.69, 9.17) is 27.9 Å². The highest BCUT2D eigenvalue weighted by Crippen LogP contribution is 2.38. The molecule has 1 heterocycles. The number of carbonyl (C=O) groups is 4. The van der Waals surface area contributed by atoms with Crippen molar-refractivity contribution in [3.8, 4) is 0 Å². The predicted octanol–water partition coefficient (Wildman–Crippen LogP) is 4.39. The summed E-state index contributed by atoms with van der Waals surface area (Å²) in [5.74, 6) is -2.87. The molecule has 1 N–H and O–H groups in total. The number of ether oxygens (including phenoxy) is 1. The molecule has 0 bridgehead atoms. The molecule has 33 heavy (non-hydrogen) atoms. The normalized spacial score (nSPS) is 20.8. The van der Waals surface area contributed by atoms with Crippen molar-refractivity contribution in [3.63, 3.8) is 0 Å². The Labute approximate surface area is 201 Å². The van der Waals surface area contributed by atoms with Gasteiger partial charge in [0.15, 0.2) is 0 Å². The number of hydrogen-bond acceptors (Lipinski definition) is 5. The van der Waals surface area contributed by atoms with Crippen molar-refractivity contribution < 1.29 is 23.9 Å². The van der Waals surface area contributed by atoms with Crippen LogP contribution in [0.15, 0.2) is 48.5 Å². The SMILES string of the molecule is O=C(CN1C(=O)C2CCCCC2C1=O)OC(C(=O)Nc1cc(Cl)cc(Cl)c1)c1ccccc1. The second kappa shape index (κ2) is 9.93. The molecule has 1 aliphatic carbocycles. The predicted molar refractivity (Wildman–Crippen MR) is 123 cm³/mol. The Hall–Kier alpha value is -2.90. The summed E-state index contributed by atoms with van der Waals surface area (Å²) in [5.41, 5.74) is 0.771. The van der Waals surface area contributed by atoms with Gasteiger partial charge in [-0.3, -0.25) is 24.1 Å². The van der Waals surface area contributed by atoms with Gasteiger partial charge in [0.05, 0.1) is 11.8 Å². The van der Waals surface area contributed by atoms with Crippen LogP contribution in [0.25, 0.3) is 0 Å². The second-order valence-electron chi connectivity index (χ2n) is 8.19. The zero-order valence-corrected chi connectivity index (χ0v) is 19.1. The number of fused-ring (bicyclic) bond motifs is 1. The van der Waals surface area contributed by atoms with Crippen molar-refractivity contribution in [1.82, 2.24) is 4.90 Å². The minimum atomic E-state index is -1.30. The van der Waals surface area contributed by atoms with E-state index in [1.807, 2.05) is 0 Å². The Kier molecular flexibility index (Phi) is 7.00. The van der Waals surface area contributed by atoms with E-state index in [1.54, 1.807) is 30.3 Å². The fourth-order valence-corrected chi connectivity index (χ4v) is 4.95. The van der Waals surface area contributed by atoms with Crippen LogP contribution in [-0.2, 0) is 23.9 Å². The van der Waals surface area contributed by atoms with Crippen LogP contribution in [0.3, 0.4) is 0 Å². The number of amides is 3. The van der Waals surface area contributed by atoms with Gasteiger partial charge in [-0.1, -0.05) is 66.4 Å². The summed E-state index contributed by atoms with van der Waals surface area (Å²) in [5, 5.41) is 3.31. The molecule has 7 nitrogen and oxygen atoms in total. The lowest BCUT2D eigenvalue weighted by molar-refractivity contribution is -0.159. The van der Waals surface area contributed by atoms with Gasteiger partial charge in [0.2, 0.25) is 17.9 Å². The molecular formula is C24H22Cl2N2O5. The van der Waals surface area contributed by atoms with Gasteiger partial charge in [-0.25, -0.2) is 0 Å².